The van der Waals surface area contributed by atoms with Crippen LogP contribution in [0, 0.1) is 18.3 Å². The fraction of sp³-hybridized carbons (Fsp3) is 0.333. The van der Waals surface area contributed by atoms with Crippen LogP contribution in [-0.2, 0) is 6.42 Å². The molecule has 0 aliphatic rings. The molecule has 0 radical (unpaired) electrons. The van der Waals surface area contributed by atoms with Gasteiger partial charge in [-0.15, -0.1) is 0 Å². The zero-order valence-corrected chi connectivity index (χ0v) is 7.59. The topological polar surface area (TPSA) is 62.7 Å². The summed E-state index contributed by atoms with van der Waals surface area (Å²) in [6, 6.07) is 3.28. The Morgan fingerprint density at radius 1 is 1.64 bits per heavy atom. The standard InChI is InChI=1S/C9H9F2N3/c1-5-4-6(13)8(9(10)11)14-7(5)2-3-12/h4,9H,2,13H2,1H3. The van der Waals surface area contributed by atoms with Crippen LogP contribution < -0.4 is 5.73 Å². The maximum absolute atomic E-state index is 12.4. The van der Waals surface area contributed by atoms with Crippen molar-refractivity contribution in [3.05, 3.63) is 23.0 Å². The van der Waals surface area contributed by atoms with Gasteiger partial charge in [0, 0.05) is 0 Å². The molecule has 0 saturated carbocycles. The van der Waals surface area contributed by atoms with E-state index in [2.05, 4.69) is 4.98 Å². The Balaban J connectivity index is 3.21. The van der Waals surface area contributed by atoms with E-state index in [4.69, 9.17) is 11.0 Å². The first-order valence-corrected chi connectivity index (χ1v) is 3.97. The quantitative estimate of drug-likeness (QED) is 0.788. The third-order valence-electron chi connectivity index (χ3n) is 1.83. The van der Waals surface area contributed by atoms with Gasteiger partial charge in [0.05, 0.1) is 23.9 Å². The molecular weight excluding hydrogens is 188 g/mol. The lowest BCUT2D eigenvalue weighted by molar-refractivity contribution is 0.147. The van der Waals surface area contributed by atoms with E-state index < -0.39 is 12.1 Å². The van der Waals surface area contributed by atoms with E-state index in [0.717, 1.165) is 0 Å². The number of hydrogen-bond donors (Lipinski definition) is 1. The summed E-state index contributed by atoms with van der Waals surface area (Å²) in [6.45, 7) is 1.69. The fourth-order valence-electron chi connectivity index (χ4n) is 1.12. The molecule has 0 bridgehead atoms. The molecule has 0 aliphatic carbocycles. The smallest absolute Gasteiger partial charge is 0.282 e. The van der Waals surface area contributed by atoms with E-state index in [9.17, 15) is 8.78 Å². The Morgan fingerprint density at radius 3 is 2.79 bits per heavy atom. The van der Waals surface area contributed by atoms with Gasteiger partial charge in [-0.2, -0.15) is 5.26 Å². The van der Waals surface area contributed by atoms with Crippen molar-refractivity contribution in [2.75, 3.05) is 5.73 Å². The molecule has 0 aliphatic heterocycles. The minimum absolute atomic E-state index is 0.0197. The highest BCUT2D eigenvalue weighted by atomic mass is 19.3. The average molecular weight is 197 g/mol. The van der Waals surface area contributed by atoms with Gasteiger partial charge < -0.3 is 5.73 Å². The van der Waals surface area contributed by atoms with Crippen LogP contribution in [0.2, 0.25) is 0 Å². The van der Waals surface area contributed by atoms with Crippen molar-refractivity contribution in [3.63, 3.8) is 0 Å². The summed E-state index contributed by atoms with van der Waals surface area (Å²) in [7, 11) is 0. The Hall–Kier alpha value is -1.70. The predicted molar refractivity (Wildman–Crippen MR) is 47.7 cm³/mol. The minimum atomic E-state index is -2.70. The first-order valence-electron chi connectivity index (χ1n) is 3.97. The van der Waals surface area contributed by atoms with Crippen LogP contribution in [0.3, 0.4) is 0 Å². The molecule has 14 heavy (non-hydrogen) atoms. The number of aryl methyl sites for hydroxylation is 1. The third kappa shape index (κ3) is 1.96. The number of aromatic nitrogens is 1. The molecule has 1 aromatic rings. The summed E-state index contributed by atoms with van der Waals surface area (Å²) in [4.78, 5) is 3.66. The predicted octanol–water partition coefficient (Wildman–Crippen LogP) is 1.98. The number of nitrogen functional groups attached to an aromatic ring is 1. The van der Waals surface area contributed by atoms with Gasteiger partial charge in [-0.3, -0.25) is 0 Å². The molecule has 74 valence electrons. The number of anilines is 1. The van der Waals surface area contributed by atoms with Crippen molar-refractivity contribution in [2.45, 2.75) is 19.8 Å². The van der Waals surface area contributed by atoms with Crippen LogP contribution in [-0.4, -0.2) is 4.98 Å². The second kappa shape index (κ2) is 4.01. The maximum atomic E-state index is 12.4. The van der Waals surface area contributed by atoms with Crippen molar-refractivity contribution < 1.29 is 8.78 Å². The van der Waals surface area contributed by atoms with Gasteiger partial charge in [-0.05, 0) is 18.6 Å². The minimum Gasteiger partial charge on any atom is -0.397 e. The highest BCUT2D eigenvalue weighted by molar-refractivity contribution is 5.47. The molecule has 1 heterocycles. The Kier molecular flexibility index (Phi) is 2.97. The summed E-state index contributed by atoms with van der Waals surface area (Å²) >= 11 is 0. The van der Waals surface area contributed by atoms with Crippen molar-refractivity contribution >= 4 is 5.69 Å². The van der Waals surface area contributed by atoms with Crippen molar-refractivity contribution in [3.8, 4) is 6.07 Å². The van der Waals surface area contributed by atoms with E-state index in [1.807, 2.05) is 6.07 Å². The largest absolute Gasteiger partial charge is 0.397 e. The number of pyridine rings is 1. The molecular formula is C9H9F2N3. The van der Waals surface area contributed by atoms with Crippen LogP contribution in [0.25, 0.3) is 0 Å². The van der Waals surface area contributed by atoms with Crippen LogP contribution in [0.4, 0.5) is 14.5 Å². The Morgan fingerprint density at radius 2 is 2.29 bits per heavy atom. The van der Waals surface area contributed by atoms with Crippen LogP contribution in [0.1, 0.15) is 23.4 Å². The first-order chi connectivity index (χ1) is 6.56. The first kappa shape index (κ1) is 10.4. The number of alkyl halides is 2. The SMILES string of the molecule is Cc1cc(N)c(C(F)F)nc1CC#N. The number of nitrogens with two attached hydrogens (primary N) is 1. The van der Waals surface area contributed by atoms with Gasteiger partial charge in [0.15, 0.2) is 0 Å². The van der Waals surface area contributed by atoms with Crippen molar-refractivity contribution in [2.24, 2.45) is 0 Å². The van der Waals surface area contributed by atoms with E-state index >= 15 is 0 Å². The Labute approximate surface area is 80.2 Å². The molecule has 1 aromatic heterocycles. The molecule has 0 unspecified atom stereocenters. The summed E-state index contributed by atoms with van der Waals surface area (Å²) in [5, 5.41) is 8.43. The van der Waals surface area contributed by atoms with Crippen molar-refractivity contribution in [1.82, 2.24) is 4.98 Å². The van der Waals surface area contributed by atoms with Crippen LogP contribution in [0.15, 0.2) is 6.07 Å². The zero-order valence-electron chi connectivity index (χ0n) is 7.59. The third-order valence-corrected chi connectivity index (χ3v) is 1.83. The van der Waals surface area contributed by atoms with Gasteiger partial charge >= 0.3 is 0 Å². The average Bonchev–Trinajstić information content (AvgIpc) is 2.09. The summed E-state index contributed by atoms with van der Waals surface area (Å²) in [6.07, 6.45) is -2.68. The van der Waals surface area contributed by atoms with Crippen LogP contribution >= 0.6 is 0 Å². The molecule has 5 heteroatoms. The lowest BCUT2D eigenvalue weighted by atomic mass is 10.1. The lowest BCUT2D eigenvalue weighted by Gasteiger charge is -2.07. The monoisotopic (exact) mass is 197 g/mol. The fourth-order valence-corrected chi connectivity index (χ4v) is 1.12. The molecule has 1 rings (SSSR count). The summed E-state index contributed by atoms with van der Waals surface area (Å²) in [5.74, 6) is 0. The van der Waals surface area contributed by atoms with Gasteiger partial charge in [0.1, 0.15) is 5.69 Å². The normalized spacial score (nSPS) is 10.2. The summed E-state index contributed by atoms with van der Waals surface area (Å²) < 4.78 is 24.7. The molecule has 3 nitrogen and oxygen atoms in total. The van der Waals surface area contributed by atoms with Gasteiger partial charge in [-0.1, -0.05) is 0 Å². The molecule has 2 N–H and O–H groups in total. The van der Waals surface area contributed by atoms with E-state index in [1.54, 1.807) is 6.92 Å². The van der Waals surface area contributed by atoms with E-state index in [-0.39, 0.29) is 12.1 Å². The second-order valence-corrected chi connectivity index (χ2v) is 2.86. The molecule has 0 aromatic carbocycles. The molecule has 0 saturated heterocycles. The Bertz CT molecular complexity index is 382. The zero-order chi connectivity index (χ0) is 10.7. The number of rotatable bonds is 2. The highest BCUT2D eigenvalue weighted by Gasteiger charge is 2.15. The molecule has 0 atom stereocenters. The number of nitrogens with zero attached hydrogens (tertiary/aromatic N) is 2. The molecule has 0 amide bonds. The van der Waals surface area contributed by atoms with Gasteiger partial charge in [-0.25, -0.2) is 13.8 Å². The lowest BCUT2D eigenvalue weighted by Crippen LogP contribution is -2.04. The van der Waals surface area contributed by atoms with Gasteiger partial charge in [0.2, 0.25) is 0 Å². The summed E-state index contributed by atoms with van der Waals surface area (Å²) in [5.41, 5.74) is 5.91. The second-order valence-electron chi connectivity index (χ2n) is 2.86. The van der Waals surface area contributed by atoms with Gasteiger partial charge in [0.25, 0.3) is 6.43 Å². The maximum Gasteiger partial charge on any atom is 0.282 e. The van der Waals surface area contributed by atoms with E-state index in [1.165, 1.54) is 6.07 Å². The number of nitriles is 1. The molecule has 0 fully saturated rings. The highest BCUT2D eigenvalue weighted by Crippen LogP contribution is 2.24. The van der Waals surface area contributed by atoms with Crippen LogP contribution in [0.5, 0.6) is 0 Å². The number of hydrogen-bond acceptors (Lipinski definition) is 3. The van der Waals surface area contributed by atoms with E-state index in [0.29, 0.717) is 11.3 Å². The molecule has 0 spiro atoms. The number of halogens is 2. The van der Waals surface area contributed by atoms with Crippen molar-refractivity contribution in [1.29, 1.82) is 5.26 Å².